The van der Waals surface area contributed by atoms with Crippen LogP contribution in [0.2, 0.25) is 0 Å². The number of nitrogens with one attached hydrogen (secondary N) is 2. The first-order valence-electron chi connectivity index (χ1n) is 9.73. The van der Waals surface area contributed by atoms with Crippen molar-refractivity contribution in [1.29, 1.82) is 0 Å². The Labute approximate surface area is 169 Å². The third kappa shape index (κ3) is 3.72. The number of aromatic nitrogens is 3. The van der Waals surface area contributed by atoms with Gasteiger partial charge in [0.25, 0.3) is 5.82 Å². The molecule has 0 bridgehead atoms. The lowest BCUT2D eigenvalue weighted by atomic mass is 10.1. The average molecular weight is 398 g/mol. The second kappa shape index (κ2) is 7.85. The maximum absolute atomic E-state index is 13.0. The number of rotatable bonds is 5. The zero-order chi connectivity index (χ0) is 19.7. The summed E-state index contributed by atoms with van der Waals surface area (Å²) >= 11 is 1.62. The lowest BCUT2D eigenvalue weighted by Gasteiger charge is -2.27. The molecule has 2 N–H and O–H groups in total. The predicted octanol–water partition coefficient (Wildman–Crippen LogP) is 1.26. The van der Waals surface area contributed by atoms with Gasteiger partial charge in [-0.15, -0.1) is 11.3 Å². The van der Waals surface area contributed by atoms with Crippen molar-refractivity contribution in [3.05, 3.63) is 58.5 Å². The van der Waals surface area contributed by atoms with Gasteiger partial charge in [-0.05, 0) is 32.9 Å². The van der Waals surface area contributed by atoms with E-state index in [9.17, 15) is 4.79 Å². The van der Waals surface area contributed by atoms with Gasteiger partial charge >= 0.3 is 0 Å². The van der Waals surface area contributed by atoms with E-state index in [1.165, 1.54) is 4.90 Å². The molecule has 4 rings (SSSR count). The minimum Gasteiger partial charge on any atom is -0.322 e. The summed E-state index contributed by atoms with van der Waals surface area (Å²) < 4.78 is 2.10. The molecule has 0 atom stereocenters. The molecule has 146 valence electrons. The molecule has 0 amide bonds. The van der Waals surface area contributed by atoms with Gasteiger partial charge in [-0.1, -0.05) is 6.07 Å². The van der Waals surface area contributed by atoms with E-state index in [0.29, 0.717) is 6.54 Å². The highest BCUT2D eigenvalue weighted by Gasteiger charge is 2.28. The predicted molar refractivity (Wildman–Crippen MR) is 111 cm³/mol. The number of hydrogen-bond donors (Lipinski definition) is 1. The van der Waals surface area contributed by atoms with E-state index in [2.05, 4.69) is 25.5 Å². The Morgan fingerprint density at radius 2 is 2.04 bits per heavy atom. The first-order chi connectivity index (χ1) is 13.5. The summed E-state index contributed by atoms with van der Waals surface area (Å²) in [6, 6.07) is 8.16. The van der Waals surface area contributed by atoms with Crippen LogP contribution >= 0.6 is 11.3 Å². The average Bonchev–Trinajstić information content (AvgIpc) is 3.25. The number of ketones is 1. The number of H-pyrrole nitrogens is 1. The smallest absolute Gasteiger partial charge is 0.274 e. The van der Waals surface area contributed by atoms with Gasteiger partial charge in [-0.3, -0.25) is 14.3 Å². The number of carbonyl (C=O) groups excluding carboxylic acids is 1. The molecular formula is C21H27N5OS+2. The molecule has 1 aliphatic rings. The van der Waals surface area contributed by atoms with Crippen LogP contribution in [0, 0.1) is 20.8 Å². The van der Waals surface area contributed by atoms with Crippen molar-refractivity contribution in [2.24, 2.45) is 0 Å². The first kappa shape index (κ1) is 18.8. The Morgan fingerprint density at radius 1 is 1.25 bits per heavy atom. The van der Waals surface area contributed by atoms with Crippen molar-refractivity contribution in [3.8, 4) is 5.13 Å². The zero-order valence-electron chi connectivity index (χ0n) is 16.7. The summed E-state index contributed by atoms with van der Waals surface area (Å²) in [4.78, 5) is 24.6. The number of quaternary nitrogens is 1. The summed E-state index contributed by atoms with van der Waals surface area (Å²) in [5, 5.41) is 2.98. The van der Waals surface area contributed by atoms with Crippen LogP contribution in [0.25, 0.3) is 5.13 Å². The molecule has 0 unspecified atom stereocenters. The fourth-order valence-corrected chi connectivity index (χ4v) is 4.84. The molecule has 6 nitrogen and oxygen atoms in total. The Kier molecular flexibility index (Phi) is 5.28. The van der Waals surface area contributed by atoms with E-state index in [-0.39, 0.29) is 5.78 Å². The van der Waals surface area contributed by atoms with Crippen LogP contribution in [0.15, 0.2) is 35.8 Å². The van der Waals surface area contributed by atoms with Gasteiger partial charge in [-0.25, -0.2) is 9.97 Å². The molecular weight excluding hydrogens is 370 g/mol. The number of pyridine rings is 1. The minimum atomic E-state index is 0.224. The number of Topliss-reactive ketones (excluding diaryl/α,β-unsaturated/α-hetero) is 1. The highest BCUT2D eigenvalue weighted by atomic mass is 32.1. The number of aryl methyl sites for hydroxylation is 2. The SMILES string of the molecule is Cc1csc(-n2c(C)cc(C(=O)C[NH+]3CCN(c4cccc[nH+]4)CC3)c2C)n1. The molecule has 3 aromatic rings. The Balaban J connectivity index is 1.42. The molecule has 1 aliphatic heterocycles. The van der Waals surface area contributed by atoms with Gasteiger partial charge in [0.2, 0.25) is 5.78 Å². The normalized spacial score (nSPS) is 15.2. The quantitative estimate of drug-likeness (QED) is 0.660. The zero-order valence-corrected chi connectivity index (χ0v) is 17.5. The van der Waals surface area contributed by atoms with Gasteiger partial charge in [0.05, 0.1) is 11.9 Å². The van der Waals surface area contributed by atoms with E-state index in [4.69, 9.17) is 0 Å². The van der Waals surface area contributed by atoms with E-state index in [1.54, 1.807) is 11.3 Å². The molecule has 1 fully saturated rings. The Morgan fingerprint density at radius 3 is 2.68 bits per heavy atom. The van der Waals surface area contributed by atoms with Crippen molar-refractivity contribution in [1.82, 2.24) is 9.55 Å². The molecule has 1 saturated heterocycles. The van der Waals surface area contributed by atoms with E-state index < -0.39 is 0 Å². The van der Waals surface area contributed by atoms with E-state index in [1.807, 2.05) is 50.5 Å². The number of piperazine rings is 1. The molecule has 0 radical (unpaired) electrons. The topological polar surface area (TPSA) is 56.7 Å². The van der Waals surface area contributed by atoms with Crippen LogP contribution in [0.5, 0.6) is 0 Å². The fraction of sp³-hybridized carbons (Fsp3) is 0.381. The maximum Gasteiger partial charge on any atom is 0.274 e. The molecule has 0 spiro atoms. The third-order valence-electron chi connectivity index (χ3n) is 5.44. The largest absolute Gasteiger partial charge is 0.322 e. The van der Waals surface area contributed by atoms with Crippen molar-refractivity contribution in [2.45, 2.75) is 20.8 Å². The summed E-state index contributed by atoms with van der Waals surface area (Å²) in [6.07, 6.45) is 1.96. The number of hydrogen-bond acceptors (Lipinski definition) is 4. The van der Waals surface area contributed by atoms with Gasteiger partial charge < -0.3 is 4.90 Å². The van der Waals surface area contributed by atoms with Crippen LogP contribution in [-0.4, -0.2) is 48.1 Å². The lowest BCUT2D eigenvalue weighted by molar-refractivity contribution is -0.892. The molecule has 0 aliphatic carbocycles. The van der Waals surface area contributed by atoms with E-state index in [0.717, 1.165) is 59.8 Å². The van der Waals surface area contributed by atoms with Crippen LogP contribution < -0.4 is 14.8 Å². The standard InChI is InChI=1S/C21H25N5OS/c1-15-14-28-21(23-15)26-16(2)12-18(17(26)3)19(27)13-24-8-10-25(11-9-24)20-6-4-5-7-22-20/h4-7,12,14H,8-11,13H2,1-3H3/p+2. The lowest BCUT2D eigenvalue weighted by Crippen LogP contribution is -3.15. The highest BCUT2D eigenvalue weighted by Crippen LogP contribution is 2.23. The van der Waals surface area contributed by atoms with Gasteiger partial charge in [0, 0.05) is 28.4 Å². The van der Waals surface area contributed by atoms with Gasteiger partial charge in [0.1, 0.15) is 32.7 Å². The maximum atomic E-state index is 13.0. The summed E-state index contributed by atoms with van der Waals surface area (Å²) in [5.74, 6) is 1.37. The van der Waals surface area contributed by atoms with Crippen molar-refractivity contribution in [2.75, 3.05) is 37.6 Å². The Bertz CT molecular complexity index is 970. The third-order valence-corrected chi connectivity index (χ3v) is 6.39. The summed E-state index contributed by atoms with van der Waals surface area (Å²) in [6.45, 7) is 10.5. The van der Waals surface area contributed by atoms with Gasteiger partial charge in [0.15, 0.2) is 5.13 Å². The van der Waals surface area contributed by atoms with Crippen LogP contribution in [0.4, 0.5) is 5.82 Å². The number of nitrogens with zero attached hydrogens (tertiary/aromatic N) is 3. The molecule has 0 saturated carbocycles. The van der Waals surface area contributed by atoms with Gasteiger partial charge in [-0.2, -0.15) is 0 Å². The summed E-state index contributed by atoms with van der Waals surface area (Å²) in [5.41, 5.74) is 3.90. The number of carbonyl (C=O) groups is 1. The second-order valence-electron chi connectivity index (χ2n) is 7.48. The number of aromatic amines is 1. The second-order valence-corrected chi connectivity index (χ2v) is 8.31. The van der Waals surface area contributed by atoms with E-state index >= 15 is 0 Å². The monoisotopic (exact) mass is 397 g/mol. The Hall–Kier alpha value is -2.51. The van der Waals surface area contributed by atoms with Crippen LogP contribution in [-0.2, 0) is 0 Å². The molecule has 28 heavy (non-hydrogen) atoms. The number of anilines is 1. The molecule has 3 aromatic heterocycles. The summed E-state index contributed by atoms with van der Waals surface area (Å²) in [7, 11) is 0. The van der Waals surface area contributed by atoms with Crippen molar-refractivity contribution < 1.29 is 14.7 Å². The molecule has 7 heteroatoms. The van der Waals surface area contributed by atoms with Crippen LogP contribution in [0.1, 0.15) is 27.4 Å². The molecule has 0 aromatic carbocycles. The fourth-order valence-electron chi connectivity index (χ4n) is 3.93. The first-order valence-corrected chi connectivity index (χ1v) is 10.6. The molecule has 4 heterocycles. The minimum absolute atomic E-state index is 0.224. The van der Waals surface area contributed by atoms with Crippen LogP contribution in [0.3, 0.4) is 0 Å². The van der Waals surface area contributed by atoms with Crippen molar-refractivity contribution >= 4 is 22.9 Å². The highest BCUT2D eigenvalue weighted by molar-refractivity contribution is 7.12. The van der Waals surface area contributed by atoms with Crippen molar-refractivity contribution in [3.63, 3.8) is 0 Å². The number of thiazole rings is 1.